The van der Waals surface area contributed by atoms with Crippen molar-refractivity contribution in [1.29, 1.82) is 0 Å². The quantitative estimate of drug-likeness (QED) is 0.573. The molecule has 2 aromatic carbocycles. The first-order valence-electron chi connectivity index (χ1n) is 10.2. The molecule has 0 aliphatic carbocycles. The topological polar surface area (TPSA) is 61.4 Å². The molecule has 0 bridgehead atoms. The van der Waals surface area contributed by atoms with Crippen molar-refractivity contribution in [1.82, 2.24) is 5.32 Å². The maximum atomic E-state index is 14.5. The van der Waals surface area contributed by atoms with Gasteiger partial charge in [0.05, 0.1) is 10.6 Å². The Hall–Kier alpha value is -2.42. The molecule has 31 heavy (non-hydrogen) atoms. The fourth-order valence-corrected chi connectivity index (χ4v) is 5.88. The van der Waals surface area contributed by atoms with Gasteiger partial charge in [0, 0.05) is 35.7 Å². The van der Waals surface area contributed by atoms with E-state index in [1.165, 1.54) is 11.6 Å². The Morgan fingerprint density at radius 3 is 2.35 bits per heavy atom. The highest BCUT2D eigenvalue weighted by Crippen LogP contribution is 2.29. The fraction of sp³-hybridized carbons (Fsp3) is 0.304. The molecule has 0 saturated carbocycles. The van der Waals surface area contributed by atoms with Crippen LogP contribution >= 0.6 is 11.3 Å². The molecule has 164 valence electrons. The molecule has 3 aromatic rings. The molecule has 5 nitrogen and oxygen atoms in total. The van der Waals surface area contributed by atoms with E-state index >= 15 is 0 Å². The summed E-state index contributed by atoms with van der Waals surface area (Å²) in [6.45, 7) is 7.75. The molecule has 0 amide bonds. The van der Waals surface area contributed by atoms with Gasteiger partial charge in [-0.25, -0.2) is 12.8 Å². The number of anilines is 2. The van der Waals surface area contributed by atoms with E-state index in [2.05, 4.69) is 40.2 Å². The van der Waals surface area contributed by atoms with Gasteiger partial charge in [-0.1, -0.05) is 12.1 Å². The molecule has 4 rings (SSSR count). The van der Waals surface area contributed by atoms with Gasteiger partial charge in [0.25, 0.3) is 10.0 Å². The predicted octanol–water partition coefficient (Wildman–Crippen LogP) is 4.85. The zero-order chi connectivity index (χ0) is 22.2. The summed E-state index contributed by atoms with van der Waals surface area (Å²) in [6.07, 6.45) is 0. The molecule has 8 heteroatoms. The minimum Gasteiger partial charge on any atom is -0.368 e. The van der Waals surface area contributed by atoms with Crippen LogP contribution in [0.15, 0.2) is 58.8 Å². The monoisotopic (exact) mass is 459 g/mol. The number of sulfonamides is 1. The first-order valence-corrected chi connectivity index (χ1v) is 12.6. The van der Waals surface area contributed by atoms with Crippen molar-refractivity contribution >= 4 is 32.7 Å². The summed E-state index contributed by atoms with van der Waals surface area (Å²) >= 11 is 1.61. The lowest BCUT2D eigenvalue weighted by Gasteiger charge is -2.37. The Morgan fingerprint density at radius 1 is 1.06 bits per heavy atom. The van der Waals surface area contributed by atoms with Gasteiger partial charge in [-0.3, -0.25) is 4.72 Å². The summed E-state index contributed by atoms with van der Waals surface area (Å²) in [5, 5.41) is 5.51. The third-order valence-electron chi connectivity index (χ3n) is 5.30. The maximum Gasteiger partial charge on any atom is 0.261 e. The number of benzene rings is 2. The van der Waals surface area contributed by atoms with Crippen molar-refractivity contribution in [3.8, 4) is 10.4 Å². The summed E-state index contributed by atoms with van der Waals surface area (Å²) in [7, 11) is -3.92. The lowest BCUT2D eigenvalue weighted by atomic mass is 10.1. The van der Waals surface area contributed by atoms with Crippen molar-refractivity contribution in [2.24, 2.45) is 0 Å². The third-order valence-corrected chi connectivity index (χ3v) is 7.78. The van der Waals surface area contributed by atoms with Crippen LogP contribution in [0.25, 0.3) is 10.4 Å². The zero-order valence-electron chi connectivity index (χ0n) is 17.7. The summed E-state index contributed by atoms with van der Waals surface area (Å²) in [5.41, 5.74) is 2.87. The second-order valence-electron chi connectivity index (χ2n) is 8.16. The van der Waals surface area contributed by atoms with E-state index < -0.39 is 15.8 Å². The number of halogens is 1. The van der Waals surface area contributed by atoms with Gasteiger partial charge in [0.15, 0.2) is 0 Å². The number of rotatable bonds is 5. The van der Waals surface area contributed by atoms with E-state index in [9.17, 15) is 12.8 Å². The highest BCUT2D eigenvalue weighted by molar-refractivity contribution is 7.92. The van der Waals surface area contributed by atoms with Crippen LogP contribution in [0, 0.1) is 12.7 Å². The molecule has 1 saturated heterocycles. The molecule has 0 radical (unpaired) electrons. The van der Waals surface area contributed by atoms with Crippen molar-refractivity contribution in [3.05, 3.63) is 65.3 Å². The van der Waals surface area contributed by atoms with Gasteiger partial charge in [-0.2, -0.15) is 0 Å². The van der Waals surface area contributed by atoms with Crippen LogP contribution in [0.5, 0.6) is 0 Å². The van der Waals surface area contributed by atoms with Crippen LogP contribution in [0.4, 0.5) is 15.8 Å². The molecule has 2 heterocycles. The lowest BCUT2D eigenvalue weighted by molar-refractivity contribution is 0.407. The Labute approximate surface area is 187 Å². The molecule has 2 N–H and O–H groups in total. The number of nitrogens with one attached hydrogen (secondary N) is 2. The minimum absolute atomic E-state index is 0.0469. The van der Waals surface area contributed by atoms with Crippen LogP contribution in [-0.2, 0) is 10.0 Å². The molecule has 1 aliphatic rings. The number of aryl methyl sites for hydroxylation is 1. The number of hydrogen-bond acceptors (Lipinski definition) is 5. The highest BCUT2D eigenvalue weighted by atomic mass is 32.2. The normalized spacial score (nSPS) is 19.4. The van der Waals surface area contributed by atoms with Crippen molar-refractivity contribution in [2.75, 3.05) is 22.7 Å². The van der Waals surface area contributed by atoms with Gasteiger partial charge in [0.1, 0.15) is 5.82 Å². The van der Waals surface area contributed by atoms with Crippen molar-refractivity contribution < 1.29 is 12.8 Å². The van der Waals surface area contributed by atoms with E-state index in [0.29, 0.717) is 12.1 Å². The number of hydrogen-bond donors (Lipinski definition) is 2. The minimum atomic E-state index is -3.92. The first kappa shape index (κ1) is 21.8. The van der Waals surface area contributed by atoms with E-state index in [0.717, 1.165) is 29.2 Å². The molecular weight excluding hydrogens is 433 g/mol. The lowest BCUT2D eigenvalue weighted by Crippen LogP contribution is -2.54. The standard InChI is InChI=1S/C23H26FN3O2S2/c1-15-10-23(30-14-15)18-4-7-20(8-5-18)31(28,29)26-22-11-19(6-9-21(22)24)27-12-16(2)25-17(3)13-27/h4-11,14,16-17,25-26H,12-13H2,1-3H3. The zero-order valence-corrected chi connectivity index (χ0v) is 19.4. The first-order chi connectivity index (χ1) is 14.7. The van der Waals surface area contributed by atoms with Crippen molar-refractivity contribution in [3.63, 3.8) is 0 Å². The summed E-state index contributed by atoms with van der Waals surface area (Å²) < 4.78 is 42.7. The van der Waals surface area contributed by atoms with Gasteiger partial charge in [-0.15, -0.1) is 11.3 Å². The van der Waals surface area contributed by atoms with Crippen molar-refractivity contribution in [2.45, 2.75) is 37.8 Å². The molecule has 1 aromatic heterocycles. The van der Waals surface area contributed by atoms with Gasteiger partial charge >= 0.3 is 0 Å². The van der Waals surface area contributed by atoms with Crippen LogP contribution in [0.2, 0.25) is 0 Å². The Morgan fingerprint density at radius 2 is 1.74 bits per heavy atom. The number of piperazine rings is 1. The number of thiophene rings is 1. The van der Waals surface area contributed by atoms with Gasteiger partial charge in [0.2, 0.25) is 0 Å². The Bertz CT molecular complexity index is 1170. The summed E-state index contributed by atoms with van der Waals surface area (Å²) in [4.78, 5) is 3.31. The number of nitrogens with zero attached hydrogens (tertiary/aromatic N) is 1. The maximum absolute atomic E-state index is 14.5. The average molecular weight is 460 g/mol. The van der Waals surface area contributed by atoms with E-state index in [1.807, 2.05) is 6.92 Å². The fourth-order valence-electron chi connectivity index (χ4n) is 3.91. The second-order valence-corrected chi connectivity index (χ2v) is 10.7. The van der Waals surface area contributed by atoms with Crippen LogP contribution in [-0.4, -0.2) is 33.6 Å². The SMILES string of the molecule is Cc1csc(-c2ccc(S(=O)(=O)Nc3cc(N4CC(C)NC(C)C4)ccc3F)cc2)c1. The second kappa shape index (κ2) is 8.61. The molecule has 2 unspecified atom stereocenters. The van der Waals surface area contributed by atoms with E-state index in [4.69, 9.17) is 0 Å². The molecule has 1 aliphatic heterocycles. The highest BCUT2D eigenvalue weighted by Gasteiger charge is 2.23. The van der Waals surface area contributed by atoms with E-state index in [1.54, 1.807) is 47.7 Å². The summed E-state index contributed by atoms with van der Waals surface area (Å²) in [5.74, 6) is -0.603. The average Bonchev–Trinajstić information content (AvgIpc) is 3.15. The van der Waals surface area contributed by atoms with Crippen LogP contribution in [0.1, 0.15) is 19.4 Å². The van der Waals surface area contributed by atoms with E-state index in [-0.39, 0.29) is 10.6 Å². The smallest absolute Gasteiger partial charge is 0.261 e. The molecule has 2 atom stereocenters. The summed E-state index contributed by atoms with van der Waals surface area (Å²) in [6, 6.07) is 13.9. The van der Waals surface area contributed by atoms with Gasteiger partial charge in [-0.05, 0) is 73.7 Å². The molecular formula is C23H26FN3O2S2. The largest absolute Gasteiger partial charge is 0.368 e. The molecule has 0 spiro atoms. The Kier molecular flexibility index (Phi) is 6.05. The molecule has 1 fully saturated rings. The van der Waals surface area contributed by atoms with Gasteiger partial charge < -0.3 is 10.2 Å². The predicted molar refractivity (Wildman–Crippen MR) is 126 cm³/mol. The third kappa shape index (κ3) is 4.92. The van der Waals surface area contributed by atoms with Crippen LogP contribution in [0.3, 0.4) is 0 Å². The van der Waals surface area contributed by atoms with Crippen LogP contribution < -0.4 is 14.9 Å². The Balaban J connectivity index is 1.56.